The third-order valence-corrected chi connectivity index (χ3v) is 4.14. The summed E-state index contributed by atoms with van der Waals surface area (Å²) < 4.78 is 1.41. The average Bonchev–Trinajstić information content (AvgIpc) is 2.81. The fourth-order valence-corrected chi connectivity index (χ4v) is 2.68. The van der Waals surface area contributed by atoms with Gasteiger partial charge < -0.3 is 10.0 Å². The van der Waals surface area contributed by atoms with Crippen molar-refractivity contribution in [3.63, 3.8) is 0 Å². The summed E-state index contributed by atoms with van der Waals surface area (Å²) in [5, 5.41) is 24.5. The fraction of sp³-hybridized carbons (Fsp3) is 0.667. The normalized spacial score (nSPS) is 18.0. The minimum Gasteiger partial charge on any atom is -0.481 e. The Morgan fingerprint density at radius 3 is 2.60 bits per heavy atom. The van der Waals surface area contributed by atoms with E-state index in [1.165, 1.54) is 10.9 Å². The van der Waals surface area contributed by atoms with Crippen LogP contribution in [0, 0.1) is 15.5 Å². The van der Waals surface area contributed by atoms with Crippen molar-refractivity contribution in [1.29, 1.82) is 0 Å². The van der Waals surface area contributed by atoms with Crippen molar-refractivity contribution < 1.29 is 14.8 Å². The third-order valence-electron chi connectivity index (χ3n) is 4.14. The van der Waals surface area contributed by atoms with Crippen LogP contribution in [-0.2, 0) is 11.8 Å². The zero-order valence-corrected chi connectivity index (χ0v) is 11.6. The molecule has 1 aliphatic rings. The Labute approximate surface area is 116 Å². The summed E-state index contributed by atoms with van der Waals surface area (Å²) in [6, 6.07) is 0. The predicted molar refractivity (Wildman–Crippen MR) is 71.7 cm³/mol. The molecule has 0 spiro atoms. The number of anilines is 1. The predicted octanol–water partition coefficient (Wildman–Crippen LogP) is 1.41. The standard InChI is InChI=1S/C12H18N4O4/c1-3-12(11(17)18)4-6-15(7-5-12)10-9(16(19)20)8-14(2)13-10/h8H,3-7H2,1-2H3,(H,17,18). The van der Waals surface area contributed by atoms with Crippen molar-refractivity contribution in [2.45, 2.75) is 26.2 Å². The molecule has 2 rings (SSSR count). The molecule has 8 nitrogen and oxygen atoms in total. The van der Waals surface area contributed by atoms with Crippen LogP contribution in [-0.4, -0.2) is 38.9 Å². The van der Waals surface area contributed by atoms with E-state index in [1.807, 2.05) is 6.92 Å². The molecule has 1 N–H and O–H groups in total. The Balaban J connectivity index is 2.19. The molecule has 2 heterocycles. The second kappa shape index (κ2) is 5.10. The molecule has 0 radical (unpaired) electrons. The van der Waals surface area contributed by atoms with Crippen LogP contribution in [0.5, 0.6) is 0 Å². The number of aryl methyl sites for hydroxylation is 1. The molecule has 1 saturated heterocycles. The summed E-state index contributed by atoms with van der Waals surface area (Å²) in [5.41, 5.74) is -0.744. The van der Waals surface area contributed by atoms with Crippen LogP contribution in [0.2, 0.25) is 0 Å². The van der Waals surface area contributed by atoms with Gasteiger partial charge in [-0.15, -0.1) is 5.10 Å². The summed E-state index contributed by atoms with van der Waals surface area (Å²) in [6.45, 7) is 2.81. The van der Waals surface area contributed by atoms with Gasteiger partial charge in [-0.05, 0) is 19.3 Å². The summed E-state index contributed by atoms with van der Waals surface area (Å²) in [7, 11) is 1.63. The maximum atomic E-state index is 11.4. The van der Waals surface area contributed by atoms with E-state index >= 15 is 0 Å². The zero-order chi connectivity index (χ0) is 14.9. The summed E-state index contributed by atoms with van der Waals surface area (Å²) >= 11 is 0. The first-order chi connectivity index (χ1) is 9.39. The van der Waals surface area contributed by atoms with Gasteiger partial charge in [-0.3, -0.25) is 19.6 Å². The van der Waals surface area contributed by atoms with Gasteiger partial charge in [-0.25, -0.2) is 0 Å². The van der Waals surface area contributed by atoms with Gasteiger partial charge in [0.2, 0.25) is 5.82 Å². The van der Waals surface area contributed by atoms with E-state index in [0.29, 0.717) is 38.2 Å². The summed E-state index contributed by atoms with van der Waals surface area (Å²) in [6.07, 6.45) is 2.90. The number of nitrogens with zero attached hydrogens (tertiary/aromatic N) is 4. The topological polar surface area (TPSA) is 102 Å². The Morgan fingerprint density at radius 2 is 2.15 bits per heavy atom. The molecule has 0 aromatic carbocycles. The summed E-state index contributed by atoms with van der Waals surface area (Å²) in [4.78, 5) is 23.7. The lowest BCUT2D eigenvalue weighted by atomic mass is 9.76. The van der Waals surface area contributed by atoms with Crippen LogP contribution in [0.1, 0.15) is 26.2 Å². The number of hydrogen-bond donors (Lipinski definition) is 1. The number of carboxylic acid groups (broad SMARTS) is 1. The number of carboxylic acids is 1. The molecular weight excluding hydrogens is 264 g/mol. The molecule has 1 aromatic heterocycles. The van der Waals surface area contributed by atoms with Crippen LogP contribution >= 0.6 is 0 Å². The van der Waals surface area contributed by atoms with Gasteiger partial charge in [0.25, 0.3) is 0 Å². The molecule has 8 heteroatoms. The van der Waals surface area contributed by atoms with Gasteiger partial charge in [0.15, 0.2) is 0 Å². The van der Waals surface area contributed by atoms with Crippen LogP contribution < -0.4 is 4.90 Å². The Hall–Kier alpha value is -2.12. The second-order valence-electron chi connectivity index (χ2n) is 5.19. The molecule has 0 atom stereocenters. The Bertz CT molecular complexity index is 532. The quantitative estimate of drug-likeness (QED) is 0.661. The van der Waals surface area contributed by atoms with Gasteiger partial charge in [0, 0.05) is 20.1 Å². The lowest BCUT2D eigenvalue weighted by molar-refractivity contribution is -0.384. The van der Waals surface area contributed by atoms with Crippen LogP contribution in [0.15, 0.2) is 6.20 Å². The zero-order valence-electron chi connectivity index (χ0n) is 11.6. The van der Waals surface area contributed by atoms with E-state index in [-0.39, 0.29) is 5.69 Å². The molecular formula is C12H18N4O4. The molecule has 0 saturated carbocycles. The van der Waals surface area contributed by atoms with E-state index < -0.39 is 16.3 Å². The van der Waals surface area contributed by atoms with Gasteiger partial charge in [0.1, 0.15) is 6.20 Å². The highest BCUT2D eigenvalue weighted by Crippen LogP contribution is 2.38. The number of carbonyl (C=O) groups is 1. The molecule has 1 aromatic rings. The second-order valence-corrected chi connectivity index (χ2v) is 5.19. The molecule has 0 bridgehead atoms. The first-order valence-electron chi connectivity index (χ1n) is 6.56. The lowest BCUT2D eigenvalue weighted by Crippen LogP contribution is -2.44. The molecule has 0 amide bonds. The molecule has 20 heavy (non-hydrogen) atoms. The third kappa shape index (κ3) is 2.33. The molecule has 0 aliphatic carbocycles. The van der Waals surface area contributed by atoms with Gasteiger partial charge in [-0.2, -0.15) is 0 Å². The van der Waals surface area contributed by atoms with Gasteiger partial charge in [0.05, 0.1) is 10.3 Å². The highest BCUT2D eigenvalue weighted by molar-refractivity contribution is 5.75. The van der Waals surface area contributed by atoms with Crippen molar-refractivity contribution >= 4 is 17.5 Å². The van der Waals surface area contributed by atoms with Crippen molar-refractivity contribution in [1.82, 2.24) is 9.78 Å². The molecule has 1 fully saturated rings. The van der Waals surface area contributed by atoms with Crippen molar-refractivity contribution in [2.75, 3.05) is 18.0 Å². The van der Waals surface area contributed by atoms with Crippen molar-refractivity contribution in [3.05, 3.63) is 16.3 Å². The molecule has 110 valence electrons. The van der Waals surface area contributed by atoms with Crippen LogP contribution in [0.4, 0.5) is 11.5 Å². The number of rotatable bonds is 4. The fourth-order valence-electron chi connectivity index (χ4n) is 2.68. The maximum Gasteiger partial charge on any atom is 0.330 e. The minimum atomic E-state index is -0.782. The van der Waals surface area contributed by atoms with Crippen molar-refractivity contribution in [3.8, 4) is 0 Å². The van der Waals surface area contributed by atoms with Crippen LogP contribution in [0.3, 0.4) is 0 Å². The first-order valence-corrected chi connectivity index (χ1v) is 6.56. The smallest absolute Gasteiger partial charge is 0.330 e. The number of piperidine rings is 1. The van der Waals surface area contributed by atoms with E-state index in [2.05, 4.69) is 5.10 Å². The minimum absolute atomic E-state index is 0.0353. The van der Waals surface area contributed by atoms with Gasteiger partial charge in [-0.1, -0.05) is 6.92 Å². The van der Waals surface area contributed by atoms with Gasteiger partial charge >= 0.3 is 11.7 Å². The largest absolute Gasteiger partial charge is 0.481 e. The average molecular weight is 282 g/mol. The molecule has 1 aliphatic heterocycles. The first kappa shape index (κ1) is 14.3. The SMILES string of the molecule is CCC1(C(=O)O)CCN(c2nn(C)cc2[N+](=O)[O-])CC1. The van der Waals surface area contributed by atoms with E-state index in [1.54, 1.807) is 11.9 Å². The number of hydrogen-bond acceptors (Lipinski definition) is 5. The number of nitro groups is 1. The monoisotopic (exact) mass is 282 g/mol. The number of aromatic nitrogens is 2. The summed E-state index contributed by atoms with van der Waals surface area (Å²) in [5.74, 6) is -0.456. The van der Waals surface area contributed by atoms with E-state index in [0.717, 1.165) is 0 Å². The van der Waals surface area contributed by atoms with Crippen LogP contribution in [0.25, 0.3) is 0 Å². The Morgan fingerprint density at radius 1 is 1.55 bits per heavy atom. The van der Waals surface area contributed by atoms with E-state index in [4.69, 9.17) is 0 Å². The van der Waals surface area contributed by atoms with E-state index in [9.17, 15) is 20.0 Å². The highest BCUT2D eigenvalue weighted by atomic mass is 16.6. The number of aliphatic carboxylic acids is 1. The lowest BCUT2D eigenvalue weighted by Gasteiger charge is -2.38. The van der Waals surface area contributed by atoms with Crippen molar-refractivity contribution in [2.24, 2.45) is 12.5 Å². The maximum absolute atomic E-state index is 11.4. The Kier molecular flexibility index (Phi) is 3.65. The molecule has 0 unspecified atom stereocenters. The highest BCUT2D eigenvalue weighted by Gasteiger charge is 2.41.